The Hall–Kier alpha value is -1.65. The molecule has 0 atom stereocenters. The Balaban J connectivity index is 2.69. The summed E-state index contributed by atoms with van der Waals surface area (Å²) in [7, 11) is 0. The number of rotatable bonds is 3. The maximum absolute atomic E-state index is 8.71. The van der Waals surface area contributed by atoms with Gasteiger partial charge in [-0.2, -0.15) is 15.8 Å². The normalized spacial score (nSPS) is 19.9. The molecule has 6 heteroatoms. The Morgan fingerprint density at radius 3 is 1.75 bits per heavy atom. The van der Waals surface area contributed by atoms with Crippen LogP contribution in [0.15, 0.2) is 0 Å². The Morgan fingerprint density at radius 2 is 1.38 bits per heavy atom. The van der Waals surface area contributed by atoms with Crippen molar-refractivity contribution in [1.82, 2.24) is 14.7 Å². The third-order valence-corrected chi connectivity index (χ3v) is 2.66. The summed E-state index contributed by atoms with van der Waals surface area (Å²) in [5.41, 5.74) is 0. The summed E-state index contributed by atoms with van der Waals surface area (Å²) in [6.07, 6.45) is 0.0641. The van der Waals surface area contributed by atoms with Gasteiger partial charge in [-0.25, -0.2) is 0 Å². The van der Waals surface area contributed by atoms with E-state index in [1.807, 2.05) is 21.6 Å². The van der Waals surface area contributed by atoms with Crippen molar-refractivity contribution < 1.29 is 0 Å². The molecule has 0 bridgehead atoms. The van der Waals surface area contributed by atoms with E-state index in [2.05, 4.69) is 18.2 Å². The molecule has 0 aromatic carbocycles. The lowest BCUT2D eigenvalue weighted by Gasteiger charge is -2.44. The van der Waals surface area contributed by atoms with Crippen molar-refractivity contribution in [3.63, 3.8) is 0 Å². The van der Waals surface area contributed by atoms with Gasteiger partial charge in [0.1, 0.15) is 0 Å². The van der Waals surface area contributed by atoms with E-state index in [0.29, 0.717) is 33.0 Å². The molecule has 0 amide bonds. The third-order valence-electron chi connectivity index (χ3n) is 2.66. The van der Waals surface area contributed by atoms with Crippen LogP contribution in [0.4, 0.5) is 0 Å². The summed E-state index contributed by atoms with van der Waals surface area (Å²) in [6.45, 7) is 4.11. The lowest BCUT2D eigenvalue weighted by atomic mass is 10.3. The fraction of sp³-hybridized carbons (Fsp3) is 0.700. The summed E-state index contributed by atoms with van der Waals surface area (Å²) in [6, 6.07) is 6.28. The predicted molar refractivity (Wildman–Crippen MR) is 56.2 cm³/mol. The molecule has 0 saturated carbocycles. The second kappa shape index (κ2) is 6.05. The Kier molecular flexibility index (Phi) is 4.69. The van der Waals surface area contributed by atoms with Crippen LogP contribution in [0.2, 0.25) is 0 Å². The smallest absolute Gasteiger partial charge is 0.0888 e. The van der Waals surface area contributed by atoms with Gasteiger partial charge in [0.25, 0.3) is 0 Å². The third kappa shape index (κ3) is 2.92. The molecule has 0 spiro atoms. The van der Waals surface area contributed by atoms with Crippen LogP contribution in [0.1, 0.15) is 6.92 Å². The van der Waals surface area contributed by atoms with Crippen LogP contribution >= 0.6 is 0 Å². The van der Waals surface area contributed by atoms with Crippen LogP contribution in [-0.4, -0.2) is 53.8 Å². The zero-order valence-electron chi connectivity index (χ0n) is 9.30. The summed E-state index contributed by atoms with van der Waals surface area (Å²) in [5.74, 6) is 0. The molecule has 1 aliphatic rings. The zero-order valence-corrected chi connectivity index (χ0v) is 9.30. The van der Waals surface area contributed by atoms with Crippen molar-refractivity contribution in [1.29, 1.82) is 15.8 Å². The summed E-state index contributed by atoms with van der Waals surface area (Å²) < 4.78 is 0. The lowest BCUT2D eigenvalue weighted by Crippen LogP contribution is -2.60. The predicted octanol–water partition coefficient (Wildman–Crippen LogP) is -0.262. The van der Waals surface area contributed by atoms with Gasteiger partial charge in [-0.15, -0.1) is 0 Å². The average Bonchev–Trinajstić information content (AvgIpc) is 2.26. The molecule has 0 aromatic rings. The summed E-state index contributed by atoms with van der Waals surface area (Å²) in [4.78, 5) is 5.80. The highest BCUT2D eigenvalue weighted by molar-refractivity contribution is 4.89. The maximum Gasteiger partial charge on any atom is 0.0888 e. The first-order valence-corrected chi connectivity index (χ1v) is 5.04. The van der Waals surface area contributed by atoms with E-state index in [-0.39, 0.29) is 6.17 Å². The largest absolute Gasteiger partial charge is 0.264 e. The molecule has 6 nitrogen and oxygen atoms in total. The molecule has 1 saturated heterocycles. The van der Waals surface area contributed by atoms with E-state index < -0.39 is 0 Å². The van der Waals surface area contributed by atoms with Crippen LogP contribution in [0, 0.1) is 34.0 Å². The van der Waals surface area contributed by atoms with Crippen LogP contribution in [0.5, 0.6) is 0 Å². The first-order chi connectivity index (χ1) is 7.72. The van der Waals surface area contributed by atoms with E-state index >= 15 is 0 Å². The van der Waals surface area contributed by atoms with Crippen LogP contribution in [0.25, 0.3) is 0 Å². The molecule has 1 rings (SSSR count). The first-order valence-electron chi connectivity index (χ1n) is 5.04. The molecule has 84 valence electrons. The Morgan fingerprint density at radius 1 is 0.938 bits per heavy atom. The highest BCUT2D eigenvalue weighted by Crippen LogP contribution is 2.13. The highest BCUT2D eigenvalue weighted by Gasteiger charge is 2.29. The minimum absolute atomic E-state index is 0.0641. The zero-order chi connectivity index (χ0) is 12.0. The number of nitrogens with zero attached hydrogens (tertiary/aromatic N) is 6. The van der Waals surface area contributed by atoms with Crippen molar-refractivity contribution in [2.75, 3.05) is 33.0 Å². The van der Waals surface area contributed by atoms with Crippen molar-refractivity contribution in [3.05, 3.63) is 0 Å². The van der Waals surface area contributed by atoms with Gasteiger partial charge in [-0.3, -0.25) is 14.7 Å². The minimum atomic E-state index is 0.0641. The van der Waals surface area contributed by atoms with Crippen molar-refractivity contribution in [3.8, 4) is 18.2 Å². The Bertz CT molecular complexity index is 320. The second-order valence-corrected chi connectivity index (χ2v) is 3.71. The van der Waals surface area contributed by atoms with Crippen molar-refractivity contribution >= 4 is 0 Å². The molecule has 0 radical (unpaired) electrons. The molecule has 0 unspecified atom stereocenters. The Labute approximate surface area is 95.5 Å². The SMILES string of the molecule is CC1N(CC#N)CN(CC#N)CN1CC#N. The topological polar surface area (TPSA) is 81.1 Å². The summed E-state index contributed by atoms with van der Waals surface area (Å²) >= 11 is 0. The van der Waals surface area contributed by atoms with E-state index in [1.165, 1.54) is 0 Å². The van der Waals surface area contributed by atoms with Crippen LogP contribution in [0.3, 0.4) is 0 Å². The molecular weight excluding hydrogens is 204 g/mol. The molecule has 1 fully saturated rings. The molecule has 16 heavy (non-hydrogen) atoms. The van der Waals surface area contributed by atoms with Crippen molar-refractivity contribution in [2.24, 2.45) is 0 Å². The molecule has 0 N–H and O–H groups in total. The summed E-state index contributed by atoms with van der Waals surface area (Å²) in [5, 5.41) is 26.1. The van der Waals surface area contributed by atoms with Crippen molar-refractivity contribution in [2.45, 2.75) is 13.1 Å². The quantitative estimate of drug-likeness (QED) is 0.607. The molecule has 0 aliphatic carbocycles. The van der Waals surface area contributed by atoms with Gasteiger partial charge in [-0.1, -0.05) is 0 Å². The number of hydrogen-bond acceptors (Lipinski definition) is 6. The van der Waals surface area contributed by atoms with E-state index in [9.17, 15) is 0 Å². The van der Waals surface area contributed by atoms with Gasteiger partial charge in [0.05, 0.1) is 57.3 Å². The number of hydrogen-bond donors (Lipinski definition) is 0. The van der Waals surface area contributed by atoms with E-state index in [0.717, 1.165) is 0 Å². The van der Waals surface area contributed by atoms with Gasteiger partial charge < -0.3 is 0 Å². The minimum Gasteiger partial charge on any atom is -0.264 e. The first kappa shape index (κ1) is 12.4. The average molecular weight is 218 g/mol. The standard InChI is InChI=1S/C10H14N6/c1-10-15(6-3-12)8-14(5-2-11)9-16(10)7-4-13/h10H,5-9H2,1H3. The molecular formula is C10H14N6. The second-order valence-electron chi connectivity index (χ2n) is 3.71. The number of nitriles is 3. The van der Waals surface area contributed by atoms with Gasteiger partial charge in [0.15, 0.2) is 0 Å². The van der Waals surface area contributed by atoms with Gasteiger partial charge >= 0.3 is 0 Å². The van der Waals surface area contributed by atoms with Gasteiger partial charge in [-0.05, 0) is 6.92 Å². The van der Waals surface area contributed by atoms with Crippen LogP contribution < -0.4 is 0 Å². The molecule has 0 aromatic heterocycles. The van der Waals surface area contributed by atoms with Gasteiger partial charge in [0, 0.05) is 0 Å². The van der Waals surface area contributed by atoms with Gasteiger partial charge in [0.2, 0.25) is 0 Å². The highest BCUT2D eigenvalue weighted by atomic mass is 15.5. The van der Waals surface area contributed by atoms with E-state index in [1.54, 1.807) is 0 Å². The lowest BCUT2D eigenvalue weighted by molar-refractivity contribution is -0.0587. The fourth-order valence-corrected chi connectivity index (χ4v) is 1.77. The fourth-order valence-electron chi connectivity index (χ4n) is 1.77. The maximum atomic E-state index is 8.71. The molecule has 1 aliphatic heterocycles. The monoisotopic (exact) mass is 218 g/mol. The molecule has 1 heterocycles. The van der Waals surface area contributed by atoms with E-state index in [4.69, 9.17) is 15.8 Å². The van der Waals surface area contributed by atoms with Crippen LogP contribution in [-0.2, 0) is 0 Å².